The summed E-state index contributed by atoms with van der Waals surface area (Å²) in [6, 6.07) is 7.10. The van der Waals surface area contributed by atoms with E-state index in [0.717, 1.165) is 10.7 Å². The number of para-hydroxylation sites is 1. The number of pyridine rings is 1. The largest absolute Gasteiger partial charge is 0.484 e. The Morgan fingerprint density at radius 3 is 2.90 bits per heavy atom. The Kier molecular flexibility index (Phi) is 3.53. The molecule has 5 nitrogen and oxygen atoms in total. The lowest BCUT2D eigenvalue weighted by atomic mass is 10.1. The molecule has 0 aliphatic carbocycles. The minimum absolute atomic E-state index is 0.133. The van der Waals surface area contributed by atoms with Crippen molar-refractivity contribution in [2.24, 2.45) is 0 Å². The first-order valence-electron chi connectivity index (χ1n) is 6.30. The second-order valence-corrected chi connectivity index (χ2v) is 5.43. The number of ether oxygens (including phenoxy) is 1. The smallest absolute Gasteiger partial charge is 0.340 e. The van der Waals surface area contributed by atoms with Crippen LogP contribution in [0.15, 0.2) is 35.8 Å². The molecule has 0 radical (unpaired) electrons. The number of aromatic carboxylic acids is 1. The Hall–Kier alpha value is -2.47. The van der Waals surface area contributed by atoms with Crippen molar-refractivity contribution in [1.82, 2.24) is 9.97 Å². The van der Waals surface area contributed by atoms with E-state index < -0.39 is 5.97 Å². The highest BCUT2D eigenvalue weighted by Crippen LogP contribution is 2.27. The Labute approximate surface area is 124 Å². The van der Waals surface area contributed by atoms with Crippen molar-refractivity contribution in [3.8, 4) is 5.75 Å². The van der Waals surface area contributed by atoms with Crippen molar-refractivity contribution in [2.75, 3.05) is 0 Å². The van der Waals surface area contributed by atoms with Crippen LogP contribution in [-0.4, -0.2) is 21.0 Å². The fraction of sp³-hybridized carbons (Fsp3) is 0.133. The fourth-order valence-corrected chi connectivity index (χ4v) is 2.74. The summed E-state index contributed by atoms with van der Waals surface area (Å²) in [7, 11) is 0. The van der Waals surface area contributed by atoms with E-state index in [0.29, 0.717) is 10.9 Å². The van der Waals surface area contributed by atoms with Crippen molar-refractivity contribution >= 4 is 28.2 Å². The second kappa shape index (κ2) is 5.49. The van der Waals surface area contributed by atoms with Crippen molar-refractivity contribution < 1.29 is 14.6 Å². The zero-order chi connectivity index (χ0) is 14.8. The first-order valence-corrected chi connectivity index (χ1v) is 7.18. The quantitative estimate of drug-likeness (QED) is 0.800. The Morgan fingerprint density at radius 2 is 2.19 bits per heavy atom. The molecule has 0 aliphatic rings. The van der Waals surface area contributed by atoms with Gasteiger partial charge in [-0.15, -0.1) is 11.3 Å². The zero-order valence-electron chi connectivity index (χ0n) is 11.2. The van der Waals surface area contributed by atoms with Gasteiger partial charge in [-0.05, 0) is 13.0 Å². The molecular formula is C15H12N2O3S. The van der Waals surface area contributed by atoms with Crippen LogP contribution in [0.4, 0.5) is 0 Å². The maximum atomic E-state index is 11.5. The monoisotopic (exact) mass is 300 g/mol. The number of carbonyl (C=O) groups is 1. The van der Waals surface area contributed by atoms with Crippen molar-refractivity contribution in [3.05, 3.63) is 52.1 Å². The Bertz CT molecular complexity index is 814. The van der Waals surface area contributed by atoms with Crippen LogP contribution in [0.3, 0.4) is 0 Å². The van der Waals surface area contributed by atoms with Gasteiger partial charge < -0.3 is 9.84 Å². The molecule has 0 spiro atoms. The van der Waals surface area contributed by atoms with E-state index in [2.05, 4.69) is 9.97 Å². The molecule has 0 amide bonds. The van der Waals surface area contributed by atoms with Crippen molar-refractivity contribution in [2.45, 2.75) is 13.5 Å². The molecule has 1 aromatic carbocycles. The average Bonchev–Trinajstić information content (AvgIpc) is 2.89. The second-order valence-electron chi connectivity index (χ2n) is 4.49. The van der Waals surface area contributed by atoms with Gasteiger partial charge in [0.25, 0.3) is 0 Å². The number of aromatic nitrogens is 2. The van der Waals surface area contributed by atoms with E-state index in [1.54, 1.807) is 18.2 Å². The number of fused-ring (bicyclic) bond motifs is 1. The maximum absolute atomic E-state index is 11.5. The highest BCUT2D eigenvalue weighted by Gasteiger charge is 2.17. The van der Waals surface area contributed by atoms with Crippen LogP contribution in [0, 0.1) is 6.92 Å². The molecule has 0 unspecified atom stereocenters. The third-order valence-electron chi connectivity index (χ3n) is 2.97. The number of hydrogen-bond donors (Lipinski definition) is 1. The van der Waals surface area contributed by atoms with E-state index >= 15 is 0 Å². The molecule has 2 aromatic heterocycles. The standard InChI is InChI=1S/C15H12N2O3S/c1-9-8-21-13(17-9)7-20-12-6-16-11-5-3-2-4-10(11)14(12)15(18)19/h2-6,8H,7H2,1H3,(H,18,19). The molecule has 0 aliphatic heterocycles. The molecule has 0 atom stereocenters. The summed E-state index contributed by atoms with van der Waals surface area (Å²) in [5.74, 6) is -0.770. The minimum Gasteiger partial charge on any atom is -0.484 e. The van der Waals surface area contributed by atoms with Crippen LogP contribution in [0.1, 0.15) is 21.1 Å². The number of hydrogen-bond acceptors (Lipinski definition) is 5. The molecule has 0 saturated heterocycles. The lowest BCUT2D eigenvalue weighted by Gasteiger charge is -2.09. The number of rotatable bonds is 4. The van der Waals surface area contributed by atoms with Gasteiger partial charge in [0.1, 0.15) is 17.2 Å². The van der Waals surface area contributed by atoms with Crippen LogP contribution in [0.25, 0.3) is 10.9 Å². The van der Waals surface area contributed by atoms with E-state index in [1.807, 2.05) is 18.4 Å². The predicted octanol–water partition coefficient (Wildman–Crippen LogP) is 3.28. The topological polar surface area (TPSA) is 72.3 Å². The van der Waals surface area contributed by atoms with Crippen LogP contribution in [0.5, 0.6) is 5.75 Å². The normalized spacial score (nSPS) is 10.7. The molecule has 2 heterocycles. The fourth-order valence-electron chi connectivity index (χ4n) is 2.06. The lowest BCUT2D eigenvalue weighted by Crippen LogP contribution is -2.05. The minimum atomic E-state index is -1.03. The van der Waals surface area contributed by atoms with Crippen LogP contribution >= 0.6 is 11.3 Å². The van der Waals surface area contributed by atoms with Crippen LogP contribution in [-0.2, 0) is 6.61 Å². The first kappa shape index (κ1) is 13.5. The predicted molar refractivity (Wildman–Crippen MR) is 79.9 cm³/mol. The SMILES string of the molecule is Cc1csc(COc2cnc3ccccc3c2C(=O)O)n1. The van der Waals surface area contributed by atoms with Gasteiger partial charge in [0.2, 0.25) is 0 Å². The highest BCUT2D eigenvalue weighted by atomic mass is 32.1. The van der Waals surface area contributed by atoms with Crippen molar-refractivity contribution in [3.63, 3.8) is 0 Å². The van der Waals surface area contributed by atoms with Gasteiger partial charge in [-0.25, -0.2) is 9.78 Å². The number of thiazole rings is 1. The number of benzene rings is 1. The number of carboxylic acids is 1. The molecule has 0 fully saturated rings. The van der Waals surface area contributed by atoms with E-state index in [9.17, 15) is 9.90 Å². The molecule has 0 saturated carbocycles. The molecule has 6 heteroatoms. The van der Waals surface area contributed by atoms with Gasteiger partial charge in [-0.2, -0.15) is 0 Å². The lowest BCUT2D eigenvalue weighted by molar-refractivity contribution is 0.0694. The van der Waals surface area contributed by atoms with Gasteiger partial charge >= 0.3 is 5.97 Å². The van der Waals surface area contributed by atoms with Gasteiger partial charge in [-0.1, -0.05) is 18.2 Å². The number of carboxylic acid groups (broad SMARTS) is 1. The first-order chi connectivity index (χ1) is 10.1. The summed E-state index contributed by atoms with van der Waals surface area (Å²) in [5.41, 5.74) is 1.69. The van der Waals surface area contributed by atoms with E-state index in [4.69, 9.17) is 4.74 Å². The van der Waals surface area contributed by atoms with Gasteiger partial charge in [0.15, 0.2) is 5.75 Å². The van der Waals surface area contributed by atoms with Gasteiger partial charge in [-0.3, -0.25) is 4.98 Å². The Balaban J connectivity index is 1.97. The molecule has 0 bridgehead atoms. The summed E-state index contributed by atoms with van der Waals surface area (Å²) in [5, 5.41) is 12.7. The molecule has 1 N–H and O–H groups in total. The zero-order valence-corrected chi connectivity index (χ0v) is 12.1. The summed E-state index contributed by atoms with van der Waals surface area (Å²) in [4.78, 5) is 20.1. The maximum Gasteiger partial charge on any atom is 0.340 e. The summed E-state index contributed by atoms with van der Waals surface area (Å²) < 4.78 is 5.61. The summed E-state index contributed by atoms with van der Waals surface area (Å²) in [6.45, 7) is 2.14. The molecule has 21 heavy (non-hydrogen) atoms. The third-order valence-corrected chi connectivity index (χ3v) is 3.91. The van der Waals surface area contributed by atoms with Crippen molar-refractivity contribution in [1.29, 1.82) is 0 Å². The molecule has 106 valence electrons. The average molecular weight is 300 g/mol. The number of aryl methyl sites for hydroxylation is 1. The third kappa shape index (κ3) is 2.71. The molecule has 3 rings (SSSR count). The summed E-state index contributed by atoms with van der Waals surface area (Å²) in [6.07, 6.45) is 1.45. The molecular weight excluding hydrogens is 288 g/mol. The van der Waals surface area contributed by atoms with Crippen LogP contribution < -0.4 is 4.74 Å². The van der Waals surface area contributed by atoms with Crippen LogP contribution in [0.2, 0.25) is 0 Å². The number of nitrogens with zero attached hydrogens (tertiary/aromatic N) is 2. The van der Waals surface area contributed by atoms with Gasteiger partial charge in [0, 0.05) is 16.5 Å². The van der Waals surface area contributed by atoms with Gasteiger partial charge in [0.05, 0.1) is 11.7 Å². The van der Waals surface area contributed by atoms with E-state index in [1.165, 1.54) is 17.5 Å². The van der Waals surface area contributed by atoms with E-state index in [-0.39, 0.29) is 17.9 Å². The Morgan fingerprint density at radius 1 is 1.38 bits per heavy atom. The highest BCUT2D eigenvalue weighted by molar-refractivity contribution is 7.09. The molecule has 3 aromatic rings. The summed E-state index contributed by atoms with van der Waals surface area (Å²) >= 11 is 1.48.